The SMILES string of the molecule is Cn1c(CCC(=O)N2CCNC[C@H]2C(=O)NC2CC2)nc2cccnc21. The molecule has 4 rings (SSSR count). The zero-order chi connectivity index (χ0) is 18.1. The van der Waals surface area contributed by atoms with Crippen molar-refractivity contribution in [2.45, 2.75) is 37.8 Å². The molecule has 8 heteroatoms. The van der Waals surface area contributed by atoms with Crippen LogP contribution in [0.15, 0.2) is 18.3 Å². The van der Waals surface area contributed by atoms with Crippen LogP contribution >= 0.6 is 0 Å². The number of aromatic nitrogens is 3. The minimum absolute atomic E-state index is 0.00228. The van der Waals surface area contributed by atoms with Gasteiger partial charge in [0.25, 0.3) is 0 Å². The zero-order valence-corrected chi connectivity index (χ0v) is 14.9. The van der Waals surface area contributed by atoms with Crippen LogP contribution < -0.4 is 10.6 Å². The molecule has 0 aromatic carbocycles. The normalized spacial score (nSPS) is 20.3. The molecular formula is C18H24N6O2. The first-order valence-corrected chi connectivity index (χ1v) is 9.20. The Hall–Kier alpha value is -2.48. The highest BCUT2D eigenvalue weighted by Crippen LogP contribution is 2.20. The van der Waals surface area contributed by atoms with Crippen LogP contribution in [0, 0.1) is 0 Å². The van der Waals surface area contributed by atoms with Gasteiger partial charge in [0.15, 0.2) is 5.65 Å². The summed E-state index contributed by atoms with van der Waals surface area (Å²) in [5.41, 5.74) is 1.65. The number of piperazine rings is 1. The maximum Gasteiger partial charge on any atom is 0.244 e. The number of nitrogens with one attached hydrogen (secondary N) is 2. The number of amides is 2. The molecule has 3 heterocycles. The van der Waals surface area contributed by atoms with Gasteiger partial charge >= 0.3 is 0 Å². The number of carbonyl (C=O) groups excluding carboxylic acids is 2. The quantitative estimate of drug-likeness (QED) is 0.786. The van der Waals surface area contributed by atoms with Crippen LogP contribution in [0.2, 0.25) is 0 Å². The topological polar surface area (TPSA) is 92.2 Å². The number of aryl methyl sites for hydroxylation is 2. The Balaban J connectivity index is 1.42. The van der Waals surface area contributed by atoms with E-state index >= 15 is 0 Å². The molecule has 0 bridgehead atoms. The number of carbonyl (C=O) groups is 2. The van der Waals surface area contributed by atoms with Gasteiger partial charge in [-0.15, -0.1) is 0 Å². The van der Waals surface area contributed by atoms with Gasteiger partial charge in [-0.1, -0.05) is 0 Å². The largest absolute Gasteiger partial charge is 0.352 e. The number of fused-ring (bicyclic) bond motifs is 1. The van der Waals surface area contributed by atoms with Crippen molar-refractivity contribution < 1.29 is 9.59 Å². The Morgan fingerprint density at radius 3 is 3.00 bits per heavy atom. The molecular weight excluding hydrogens is 332 g/mol. The highest BCUT2D eigenvalue weighted by atomic mass is 16.2. The number of nitrogens with zero attached hydrogens (tertiary/aromatic N) is 4. The van der Waals surface area contributed by atoms with Crippen molar-refractivity contribution in [3.05, 3.63) is 24.2 Å². The van der Waals surface area contributed by atoms with Crippen LogP contribution in [0.4, 0.5) is 0 Å². The third-order valence-electron chi connectivity index (χ3n) is 5.07. The fourth-order valence-electron chi connectivity index (χ4n) is 3.42. The van der Waals surface area contributed by atoms with E-state index in [0.717, 1.165) is 36.4 Å². The minimum Gasteiger partial charge on any atom is -0.352 e. The lowest BCUT2D eigenvalue weighted by Crippen LogP contribution is -2.59. The summed E-state index contributed by atoms with van der Waals surface area (Å²) >= 11 is 0. The minimum atomic E-state index is -0.418. The Bertz CT molecular complexity index is 828. The molecule has 1 atom stereocenters. The molecule has 8 nitrogen and oxygen atoms in total. The molecule has 1 saturated carbocycles. The van der Waals surface area contributed by atoms with Gasteiger partial charge in [0.05, 0.1) is 0 Å². The molecule has 2 aromatic rings. The fraction of sp³-hybridized carbons (Fsp3) is 0.556. The van der Waals surface area contributed by atoms with Crippen molar-refractivity contribution in [1.29, 1.82) is 0 Å². The molecule has 26 heavy (non-hydrogen) atoms. The van der Waals surface area contributed by atoms with E-state index in [4.69, 9.17) is 0 Å². The van der Waals surface area contributed by atoms with E-state index in [2.05, 4.69) is 20.6 Å². The first-order chi connectivity index (χ1) is 12.6. The maximum absolute atomic E-state index is 12.8. The van der Waals surface area contributed by atoms with Crippen LogP contribution in [0.5, 0.6) is 0 Å². The van der Waals surface area contributed by atoms with Gasteiger partial charge in [0, 0.05) is 51.8 Å². The van der Waals surface area contributed by atoms with E-state index in [0.29, 0.717) is 32.0 Å². The standard InChI is InChI=1S/C18H24N6O2/c1-23-15(22-13-3-2-8-20-17(13)23)6-7-16(25)24-10-9-19-11-14(24)18(26)21-12-4-5-12/h2-3,8,12,14,19H,4-7,9-11H2,1H3,(H,21,26)/t14-/m0/s1. The van der Waals surface area contributed by atoms with Gasteiger partial charge in [-0.05, 0) is 25.0 Å². The monoisotopic (exact) mass is 356 g/mol. The molecule has 2 aromatic heterocycles. The van der Waals surface area contributed by atoms with Gasteiger partial charge in [0.2, 0.25) is 11.8 Å². The Kier molecular flexibility index (Phi) is 4.58. The highest BCUT2D eigenvalue weighted by Gasteiger charge is 2.34. The average Bonchev–Trinajstić information content (AvgIpc) is 3.42. The van der Waals surface area contributed by atoms with Gasteiger partial charge in [-0.3, -0.25) is 9.59 Å². The summed E-state index contributed by atoms with van der Waals surface area (Å²) in [6.45, 7) is 1.79. The smallest absolute Gasteiger partial charge is 0.244 e. The van der Waals surface area contributed by atoms with Gasteiger partial charge in [0.1, 0.15) is 17.4 Å². The summed E-state index contributed by atoms with van der Waals surface area (Å²) in [6.07, 6.45) is 4.70. The summed E-state index contributed by atoms with van der Waals surface area (Å²) in [7, 11) is 1.92. The van der Waals surface area contributed by atoms with E-state index in [1.807, 2.05) is 23.7 Å². The first-order valence-electron chi connectivity index (χ1n) is 9.20. The summed E-state index contributed by atoms with van der Waals surface area (Å²) in [6, 6.07) is 3.66. The highest BCUT2D eigenvalue weighted by molar-refractivity contribution is 5.88. The van der Waals surface area contributed by atoms with Crippen LogP contribution in [-0.4, -0.2) is 63.0 Å². The number of pyridine rings is 1. The second kappa shape index (κ2) is 7.03. The summed E-state index contributed by atoms with van der Waals surface area (Å²) in [4.78, 5) is 35.8. The fourth-order valence-corrected chi connectivity index (χ4v) is 3.42. The summed E-state index contributed by atoms with van der Waals surface area (Å²) in [5, 5.41) is 6.23. The number of rotatable bonds is 5. The molecule has 2 fully saturated rings. The molecule has 2 N–H and O–H groups in total. The zero-order valence-electron chi connectivity index (χ0n) is 14.9. The van der Waals surface area contributed by atoms with E-state index in [1.54, 1.807) is 11.1 Å². The second-order valence-corrected chi connectivity index (χ2v) is 7.02. The molecule has 2 aliphatic rings. The maximum atomic E-state index is 12.8. The molecule has 1 aliphatic carbocycles. The third kappa shape index (κ3) is 3.41. The lowest BCUT2D eigenvalue weighted by Gasteiger charge is -2.35. The Labute approximate surface area is 152 Å². The van der Waals surface area contributed by atoms with Gasteiger partial charge in [-0.25, -0.2) is 9.97 Å². The van der Waals surface area contributed by atoms with Crippen molar-refractivity contribution in [2.24, 2.45) is 7.05 Å². The number of imidazole rings is 1. The van der Waals surface area contributed by atoms with E-state index in [1.165, 1.54) is 0 Å². The molecule has 1 aliphatic heterocycles. The average molecular weight is 356 g/mol. The van der Waals surface area contributed by atoms with Crippen LogP contribution in [0.1, 0.15) is 25.1 Å². The van der Waals surface area contributed by atoms with Crippen molar-refractivity contribution in [1.82, 2.24) is 30.1 Å². The number of hydrogen-bond acceptors (Lipinski definition) is 5. The summed E-state index contributed by atoms with van der Waals surface area (Å²) < 4.78 is 1.93. The predicted molar refractivity (Wildman–Crippen MR) is 96.4 cm³/mol. The lowest BCUT2D eigenvalue weighted by molar-refractivity contribution is -0.141. The van der Waals surface area contributed by atoms with Crippen molar-refractivity contribution >= 4 is 23.0 Å². The van der Waals surface area contributed by atoms with E-state index in [9.17, 15) is 9.59 Å². The number of hydrogen-bond donors (Lipinski definition) is 2. The third-order valence-corrected chi connectivity index (χ3v) is 5.07. The molecule has 0 unspecified atom stereocenters. The molecule has 0 radical (unpaired) electrons. The second-order valence-electron chi connectivity index (χ2n) is 7.02. The Morgan fingerprint density at radius 2 is 2.23 bits per heavy atom. The molecule has 138 valence electrons. The van der Waals surface area contributed by atoms with Crippen molar-refractivity contribution in [3.8, 4) is 0 Å². The predicted octanol–water partition coefficient (Wildman–Crippen LogP) is -0.0201. The van der Waals surface area contributed by atoms with Crippen molar-refractivity contribution in [2.75, 3.05) is 19.6 Å². The van der Waals surface area contributed by atoms with Gasteiger partial charge in [-0.2, -0.15) is 0 Å². The first kappa shape index (κ1) is 17.0. The van der Waals surface area contributed by atoms with E-state index < -0.39 is 6.04 Å². The molecule has 1 saturated heterocycles. The van der Waals surface area contributed by atoms with Crippen LogP contribution in [0.25, 0.3) is 11.2 Å². The lowest BCUT2D eigenvalue weighted by atomic mass is 10.1. The molecule has 2 amide bonds. The van der Waals surface area contributed by atoms with Crippen molar-refractivity contribution in [3.63, 3.8) is 0 Å². The van der Waals surface area contributed by atoms with E-state index in [-0.39, 0.29) is 11.8 Å². The van der Waals surface area contributed by atoms with Crippen LogP contribution in [0.3, 0.4) is 0 Å². The summed E-state index contributed by atoms with van der Waals surface area (Å²) in [5.74, 6) is 0.795. The van der Waals surface area contributed by atoms with Gasteiger partial charge < -0.3 is 20.1 Å². The molecule has 0 spiro atoms. The Morgan fingerprint density at radius 1 is 1.38 bits per heavy atom. The van der Waals surface area contributed by atoms with Crippen LogP contribution in [-0.2, 0) is 23.1 Å².